The molecule has 0 saturated carbocycles. The average Bonchev–Trinajstić information content (AvgIpc) is 2.50. The lowest BCUT2D eigenvalue weighted by Gasteiger charge is -2.33. The molecular formula is C14H26N6O. The van der Waals surface area contributed by atoms with Crippen molar-refractivity contribution >= 4 is 12.1 Å². The van der Waals surface area contributed by atoms with Crippen molar-refractivity contribution in [1.29, 1.82) is 0 Å². The van der Waals surface area contributed by atoms with Crippen molar-refractivity contribution in [2.45, 2.75) is 38.6 Å². The Balaban J connectivity index is 2.37. The Morgan fingerprint density at radius 1 is 1.67 bits per heavy atom. The van der Waals surface area contributed by atoms with Gasteiger partial charge in [-0.2, -0.15) is 0 Å². The maximum absolute atomic E-state index is 11.4. The highest BCUT2D eigenvalue weighted by Crippen LogP contribution is 2.10. The van der Waals surface area contributed by atoms with E-state index in [1.807, 2.05) is 18.0 Å². The number of piperidine rings is 1. The van der Waals surface area contributed by atoms with E-state index in [1.54, 1.807) is 12.4 Å². The molecule has 0 aromatic carbocycles. The van der Waals surface area contributed by atoms with Gasteiger partial charge < -0.3 is 15.8 Å². The molecule has 1 aliphatic rings. The third-order valence-corrected chi connectivity index (χ3v) is 3.15. The Morgan fingerprint density at radius 2 is 2.48 bits per heavy atom. The van der Waals surface area contributed by atoms with E-state index >= 15 is 0 Å². The van der Waals surface area contributed by atoms with Crippen LogP contribution in [-0.2, 0) is 4.79 Å². The first-order valence-corrected chi connectivity index (χ1v) is 7.31. The highest BCUT2D eigenvalue weighted by molar-refractivity contribution is 5.77. The molecule has 0 bridgehead atoms. The van der Waals surface area contributed by atoms with E-state index in [4.69, 9.17) is 5.84 Å². The first-order chi connectivity index (χ1) is 10.2. The lowest BCUT2D eigenvalue weighted by Crippen LogP contribution is -2.49. The smallest absolute Gasteiger partial charge is 0.222 e. The van der Waals surface area contributed by atoms with E-state index in [2.05, 4.69) is 27.7 Å². The summed E-state index contributed by atoms with van der Waals surface area (Å²) in [7, 11) is 0. The Bertz CT molecular complexity index is 393. The lowest BCUT2D eigenvalue weighted by molar-refractivity contribution is -0.124. The summed E-state index contributed by atoms with van der Waals surface area (Å²) in [4.78, 5) is 15.6. The van der Waals surface area contributed by atoms with Crippen LogP contribution in [0.25, 0.3) is 0 Å². The number of aliphatic imine (C=N–C) groups is 1. The summed E-state index contributed by atoms with van der Waals surface area (Å²) >= 11 is 0. The summed E-state index contributed by atoms with van der Waals surface area (Å²) < 4.78 is 0. The van der Waals surface area contributed by atoms with Crippen LogP contribution < -0.4 is 22.0 Å². The van der Waals surface area contributed by atoms with Gasteiger partial charge >= 0.3 is 0 Å². The highest BCUT2D eigenvalue weighted by Gasteiger charge is 2.22. The van der Waals surface area contributed by atoms with Crippen LogP contribution >= 0.6 is 0 Å². The van der Waals surface area contributed by atoms with Gasteiger partial charge in [-0.3, -0.25) is 4.79 Å². The molecule has 1 saturated heterocycles. The number of rotatable bonds is 9. The SMILES string of the molecule is C=CN(NCC/C=C(/N=CCC)NN)C1CCNC(=O)C1. The number of hydrogen-bond acceptors (Lipinski definition) is 6. The van der Waals surface area contributed by atoms with Crippen LogP contribution in [0.15, 0.2) is 29.7 Å². The zero-order chi connectivity index (χ0) is 15.5. The molecule has 21 heavy (non-hydrogen) atoms. The summed E-state index contributed by atoms with van der Waals surface area (Å²) in [6.07, 6.45) is 8.49. The molecule has 1 amide bonds. The van der Waals surface area contributed by atoms with E-state index in [-0.39, 0.29) is 11.9 Å². The molecule has 118 valence electrons. The van der Waals surface area contributed by atoms with Gasteiger partial charge in [0.15, 0.2) is 0 Å². The van der Waals surface area contributed by atoms with E-state index in [1.165, 1.54) is 0 Å². The maximum Gasteiger partial charge on any atom is 0.222 e. The van der Waals surface area contributed by atoms with Crippen LogP contribution in [0.5, 0.6) is 0 Å². The van der Waals surface area contributed by atoms with Gasteiger partial charge in [-0.15, -0.1) is 0 Å². The molecule has 1 unspecified atom stereocenters. The highest BCUT2D eigenvalue weighted by atomic mass is 16.1. The van der Waals surface area contributed by atoms with Gasteiger partial charge in [0, 0.05) is 31.9 Å². The molecule has 0 aromatic rings. The number of carbonyl (C=O) groups excluding carboxylic acids is 1. The number of hydrazine groups is 2. The van der Waals surface area contributed by atoms with Crippen molar-refractivity contribution in [1.82, 2.24) is 21.2 Å². The van der Waals surface area contributed by atoms with Gasteiger partial charge in [-0.05, 0) is 25.3 Å². The van der Waals surface area contributed by atoms with Crippen molar-refractivity contribution in [2.24, 2.45) is 10.8 Å². The maximum atomic E-state index is 11.4. The molecule has 0 aliphatic carbocycles. The molecule has 7 nitrogen and oxygen atoms in total. The summed E-state index contributed by atoms with van der Waals surface area (Å²) in [5.41, 5.74) is 5.82. The Kier molecular flexibility index (Phi) is 8.15. The van der Waals surface area contributed by atoms with E-state index in [9.17, 15) is 4.79 Å². The lowest BCUT2D eigenvalue weighted by atomic mass is 10.1. The quantitative estimate of drug-likeness (QED) is 0.214. The summed E-state index contributed by atoms with van der Waals surface area (Å²) in [6.45, 7) is 7.24. The van der Waals surface area contributed by atoms with Gasteiger partial charge in [0.05, 0.1) is 6.04 Å². The number of nitrogens with two attached hydrogens (primary N) is 1. The molecule has 1 fully saturated rings. The van der Waals surface area contributed by atoms with E-state index in [0.29, 0.717) is 18.8 Å². The minimum Gasteiger partial charge on any atom is -0.356 e. The van der Waals surface area contributed by atoms with Gasteiger partial charge in [0.2, 0.25) is 5.91 Å². The molecule has 1 atom stereocenters. The second kappa shape index (κ2) is 9.95. The number of nitrogens with zero attached hydrogens (tertiary/aromatic N) is 2. The fourth-order valence-electron chi connectivity index (χ4n) is 2.09. The topological polar surface area (TPSA) is 94.8 Å². The number of carbonyl (C=O) groups is 1. The Labute approximate surface area is 126 Å². The fraction of sp³-hybridized carbons (Fsp3) is 0.571. The van der Waals surface area contributed by atoms with E-state index in [0.717, 1.165) is 25.8 Å². The minimum absolute atomic E-state index is 0.0864. The van der Waals surface area contributed by atoms with Gasteiger partial charge in [0.25, 0.3) is 0 Å². The van der Waals surface area contributed by atoms with Crippen LogP contribution in [0.2, 0.25) is 0 Å². The molecule has 7 heteroatoms. The minimum atomic E-state index is 0.0864. The predicted octanol–water partition coefficient (Wildman–Crippen LogP) is 0.391. The molecular weight excluding hydrogens is 268 g/mol. The zero-order valence-corrected chi connectivity index (χ0v) is 12.6. The molecule has 0 aromatic heterocycles. The Morgan fingerprint density at radius 3 is 3.10 bits per heavy atom. The first kappa shape index (κ1) is 17.2. The van der Waals surface area contributed by atoms with Crippen LogP contribution in [0.4, 0.5) is 0 Å². The standard InChI is InChI=1S/C14H26N6O/c1-3-8-16-13(19-15)6-5-9-18-20(4-2)12-7-10-17-14(21)11-12/h4,6,8,12,18-19H,2-3,5,7,9-11,15H2,1H3,(H,17,21)/b13-6-,16-8?. The Hall–Kier alpha value is -1.86. The van der Waals surface area contributed by atoms with Crippen molar-refractivity contribution < 1.29 is 4.79 Å². The molecule has 1 heterocycles. The second-order valence-corrected chi connectivity index (χ2v) is 4.74. The summed E-state index contributed by atoms with van der Waals surface area (Å²) in [5, 5.41) is 4.74. The normalized spacial score (nSPS) is 19.4. The van der Waals surface area contributed by atoms with Crippen LogP contribution in [-0.4, -0.2) is 36.3 Å². The summed E-state index contributed by atoms with van der Waals surface area (Å²) in [5.74, 6) is 6.13. The van der Waals surface area contributed by atoms with Gasteiger partial charge in [-0.25, -0.2) is 16.3 Å². The molecule has 1 aliphatic heterocycles. The second-order valence-electron chi connectivity index (χ2n) is 4.74. The van der Waals surface area contributed by atoms with Gasteiger partial charge in [0.1, 0.15) is 5.82 Å². The molecule has 0 radical (unpaired) electrons. The molecule has 1 rings (SSSR count). The van der Waals surface area contributed by atoms with Crippen molar-refractivity contribution in [2.75, 3.05) is 13.1 Å². The van der Waals surface area contributed by atoms with Crippen LogP contribution in [0.3, 0.4) is 0 Å². The molecule has 0 spiro atoms. The number of nitrogens with one attached hydrogen (secondary N) is 3. The van der Waals surface area contributed by atoms with Crippen LogP contribution in [0.1, 0.15) is 32.6 Å². The van der Waals surface area contributed by atoms with Crippen molar-refractivity contribution in [3.8, 4) is 0 Å². The average molecular weight is 294 g/mol. The zero-order valence-electron chi connectivity index (χ0n) is 12.6. The number of hydrogen-bond donors (Lipinski definition) is 4. The third kappa shape index (κ3) is 6.42. The third-order valence-electron chi connectivity index (χ3n) is 3.15. The molecule has 5 N–H and O–H groups in total. The predicted molar refractivity (Wildman–Crippen MR) is 84.9 cm³/mol. The van der Waals surface area contributed by atoms with Crippen molar-refractivity contribution in [3.05, 3.63) is 24.7 Å². The first-order valence-electron chi connectivity index (χ1n) is 7.31. The van der Waals surface area contributed by atoms with E-state index < -0.39 is 0 Å². The number of amides is 1. The monoisotopic (exact) mass is 294 g/mol. The summed E-state index contributed by atoms with van der Waals surface area (Å²) in [6, 6.07) is 0.158. The van der Waals surface area contributed by atoms with Gasteiger partial charge in [-0.1, -0.05) is 13.5 Å². The van der Waals surface area contributed by atoms with Crippen LogP contribution in [0, 0.1) is 0 Å². The van der Waals surface area contributed by atoms with Crippen molar-refractivity contribution in [3.63, 3.8) is 0 Å². The largest absolute Gasteiger partial charge is 0.356 e. The fourth-order valence-corrected chi connectivity index (χ4v) is 2.09.